The van der Waals surface area contributed by atoms with Crippen LogP contribution in [0.2, 0.25) is 5.02 Å². The third-order valence-corrected chi connectivity index (χ3v) is 3.24. The van der Waals surface area contributed by atoms with Crippen molar-refractivity contribution in [1.29, 1.82) is 0 Å². The van der Waals surface area contributed by atoms with Gasteiger partial charge in [0.25, 0.3) is 0 Å². The zero-order valence-electron chi connectivity index (χ0n) is 12.1. The molecule has 0 fully saturated rings. The topological polar surface area (TPSA) is 35.5 Å². The van der Waals surface area contributed by atoms with Gasteiger partial charge < -0.3 is 9.47 Å². The molecular weight excluding hydrogens is 288 g/mol. The highest BCUT2D eigenvalue weighted by Crippen LogP contribution is 2.28. The van der Waals surface area contributed by atoms with Gasteiger partial charge in [0.15, 0.2) is 5.78 Å². The number of halogens is 1. The standard InChI is InChI=1S/C17H17ClO3/c1-3-10-21-15-7-5-4-6-13(15)17(19)14-9-8-12(18)11-16(14)20-2/h4-9,11H,3,10H2,1-2H3. The Kier molecular flexibility index (Phi) is 5.23. The highest BCUT2D eigenvalue weighted by Gasteiger charge is 2.18. The van der Waals surface area contributed by atoms with Crippen LogP contribution in [0.5, 0.6) is 11.5 Å². The maximum Gasteiger partial charge on any atom is 0.200 e. The number of ether oxygens (including phenoxy) is 2. The summed E-state index contributed by atoms with van der Waals surface area (Å²) in [5.74, 6) is 0.898. The van der Waals surface area contributed by atoms with Gasteiger partial charge in [-0.05, 0) is 36.8 Å². The Hall–Kier alpha value is -2.00. The molecule has 0 aromatic heterocycles. The fourth-order valence-electron chi connectivity index (χ4n) is 1.99. The van der Waals surface area contributed by atoms with Crippen molar-refractivity contribution >= 4 is 17.4 Å². The van der Waals surface area contributed by atoms with Crippen molar-refractivity contribution in [1.82, 2.24) is 0 Å². The number of carbonyl (C=O) groups is 1. The molecule has 21 heavy (non-hydrogen) atoms. The molecule has 110 valence electrons. The number of hydrogen-bond acceptors (Lipinski definition) is 3. The number of methoxy groups -OCH3 is 1. The second-order valence-corrected chi connectivity index (χ2v) is 4.95. The highest BCUT2D eigenvalue weighted by atomic mass is 35.5. The first kappa shape index (κ1) is 15.4. The summed E-state index contributed by atoms with van der Waals surface area (Å²) in [6.45, 7) is 2.59. The summed E-state index contributed by atoms with van der Waals surface area (Å²) >= 11 is 5.93. The van der Waals surface area contributed by atoms with Crippen LogP contribution in [0.3, 0.4) is 0 Å². The fraction of sp³-hybridized carbons (Fsp3) is 0.235. The van der Waals surface area contributed by atoms with Gasteiger partial charge in [0.1, 0.15) is 11.5 Å². The minimum Gasteiger partial charge on any atom is -0.496 e. The molecule has 0 unspecified atom stereocenters. The summed E-state index contributed by atoms with van der Waals surface area (Å²) in [5, 5.41) is 0.527. The monoisotopic (exact) mass is 304 g/mol. The molecule has 0 radical (unpaired) electrons. The summed E-state index contributed by atoms with van der Waals surface area (Å²) < 4.78 is 10.9. The number of hydrogen-bond donors (Lipinski definition) is 0. The number of benzene rings is 2. The van der Waals surface area contributed by atoms with Crippen LogP contribution < -0.4 is 9.47 Å². The lowest BCUT2D eigenvalue weighted by Crippen LogP contribution is -2.07. The van der Waals surface area contributed by atoms with E-state index in [0.29, 0.717) is 34.3 Å². The van der Waals surface area contributed by atoms with E-state index in [1.54, 1.807) is 30.3 Å². The van der Waals surface area contributed by atoms with E-state index in [9.17, 15) is 4.79 Å². The van der Waals surface area contributed by atoms with Crippen LogP contribution in [0, 0.1) is 0 Å². The van der Waals surface area contributed by atoms with Gasteiger partial charge in [0.05, 0.1) is 24.8 Å². The lowest BCUT2D eigenvalue weighted by Gasteiger charge is -2.12. The van der Waals surface area contributed by atoms with E-state index < -0.39 is 0 Å². The molecule has 0 atom stereocenters. The molecule has 0 amide bonds. The second kappa shape index (κ2) is 7.14. The first-order valence-electron chi connectivity index (χ1n) is 6.77. The van der Waals surface area contributed by atoms with Gasteiger partial charge in [-0.2, -0.15) is 0 Å². The fourth-order valence-corrected chi connectivity index (χ4v) is 2.15. The van der Waals surface area contributed by atoms with Crippen molar-refractivity contribution < 1.29 is 14.3 Å². The summed E-state index contributed by atoms with van der Waals surface area (Å²) in [6.07, 6.45) is 0.882. The van der Waals surface area contributed by atoms with Crippen molar-refractivity contribution in [2.75, 3.05) is 13.7 Å². The van der Waals surface area contributed by atoms with Crippen LogP contribution in [0.1, 0.15) is 29.3 Å². The Morgan fingerprint density at radius 3 is 2.52 bits per heavy atom. The van der Waals surface area contributed by atoms with Crippen molar-refractivity contribution in [2.45, 2.75) is 13.3 Å². The normalized spacial score (nSPS) is 10.2. The van der Waals surface area contributed by atoms with Gasteiger partial charge in [-0.25, -0.2) is 0 Å². The van der Waals surface area contributed by atoms with E-state index in [1.165, 1.54) is 7.11 Å². The van der Waals surface area contributed by atoms with E-state index >= 15 is 0 Å². The summed E-state index contributed by atoms with van der Waals surface area (Å²) in [5.41, 5.74) is 0.987. The second-order valence-electron chi connectivity index (χ2n) is 4.52. The molecule has 3 nitrogen and oxygen atoms in total. The number of rotatable bonds is 6. The Morgan fingerprint density at radius 2 is 1.81 bits per heavy atom. The first-order chi connectivity index (χ1) is 10.2. The molecule has 2 rings (SSSR count). The zero-order chi connectivity index (χ0) is 15.2. The van der Waals surface area contributed by atoms with Gasteiger partial charge in [0.2, 0.25) is 0 Å². The molecule has 0 saturated carbocycles. The molecule has 0 aliphatic rings. The average molecular weight is 305 g/mol. The van der Waals surface area contributed by atoms with Gasteiger partial charge in [-0.1, -0.05) is 30.7 Å². The first-order valence-corrected chi connectivity index (χ1v) is 7.15. The SMILES string of the molecule is CCCOc1ccccc1C(=O)c1ccc(Cl)cc1OC. The minimum atomic E-state index is -0.143. The lowest BCUT2D eigenvalue weighted by atomic mass is 10.0. The molecule has 0 spiro atoms. The van der Waals surface area contributed by atoms with Crippen LogP contribution in [-0.4, -0.2) is 19.5 Å². The van der Waals surface area contributed by atoms with Crippen molar-refractivity contribution in [2.24, 2.45) is 0 Å². The van der Waals surface area contributed by atoms with Crippen LogP contribution in [0.15, 0.2) is 42.5 Å². The molecule has 0 aliphatic heterocycles. The smallest absolute Gasteiger partial charge is 0.200 e. The van der Waals surface area contributed by atoms with Crippen LogP contribution in [-0.2, 0) is 0 Å². The zero-order valence-corrected chi connectivity index (χ0v) is 12.8. The highest BCUT2D eigenvalue weighted by molar-refractivity contribution is 6.31. The van der Waals surface area contributed by atoms with Crippen molar-refractivity contribution in [3.05, 3.63) is 58.6 Å². The molecule has 2 aromatic carbocycles. The van der Waals surface area contributed by atoms with Crippen LogP contribution >= 0.6 is 11.6 Å². The third-order valence-electron chi connectivity index (χ3n) is 3.00. The predicted molar refractivity (Wildman–Crippen MR) is 83.7 cm³/mol. The van der Waals surface area contributed by atoms with E-state index in [0.717, 1.165) is 6.42 Å². The Morgan fingerprint density at radius 1 is 1.10 bits per heavy atom. The van der Waals surface area contributed by atoms with Crippen molar-refractivity contribution in [3.8, 4) is 11.5 Å². The maximum atomic E-state index is 12.7. The van der Waals surface area contributed by atoms with E-state index in [1.807, 2.05) is 19.1 Å². The number of ketones is 1. The minimum absolute atomic E-state index is 0.143. The molecule has 4 heteroatoms. The quantitative estimate of drug-likeness (QED) is 0.743. The van der Waals surface area contributed by atoms with Gasteiger partial charge in [0, 0.05) is 5.02 Å². The largest absolute Gasteiger partial charge is 0.496 e. The molecule has 0 bridgehead atoms. The Balaban J connectivity index is 2.40. The third kappa shape index (κ3) is 3.56. The van der Waals surface area contributed by atoms with E-state index in [-0.39, 0.29) is 5.78 Å². The molecule has 0 saturated heterocycles. The average Bonchev–Trinajstić information content (AvgIpc) is 2.52. The summed E-state index contributed by atoms with van der Waals surface area (Å²) in [6, 6.07) is 12.2. The predicted octanol–water partition coefficient (Wildman–Crippen LogP) is 4.37. The number of para-hydroxylation sites is 1. The van der Waals surface area contributed by atoms with Crippen molar-refractivity contribution in [3.63, 3.8) is 0 Å². The van der Waals surface area contributed by atoms with Gasteiger partial charge >= 0.3 is 0 Å². The Bertz CT molecular complexity index is 638. The molecular formula is C17H17ClO3. The molecule has 2 aromatic rings. The van der Waals surface area contributed by atoms with E-state index in [4.69, 9.17) is 21.1 Å². The maximum absolute atomic E-state index is 12.7. The van der Waals surface area contributed by atoms with Gasteiger partial charge in [-0.15, -0.1) is 0 Å². The summed E-state index contributed by atoms with van der Waals surface area (Å²) in [7, 11) is 1.52. The summed E-state index contributed by atoms with van der Waals surface area (Å²) in [4.78, 5) is 12.7. The molecule has 0 aliphatic carbocycles. The lowest BCUT2D eigenvalue weighted by molar-refractivity contribution is 0.103. The van der Waals surface area contributed by atoms with Gasteiger partial charge in [-0.3, -0.25) is 4.79 Å². The molecule has 0 N–H and O–H groups in total. The van der Waals surface area contributed by atoms with E-state index in [2.05, 4.69) is 0 Å². The Labute approximate surface area is 129 Å². The number of carbonyl (C=O) groups excluding carboxylic acids is 1. The molecule has 0 heterocycles. The van der Waals surface area contributed by atoms with Crippen LogP contribution in [0.25, 0.3) is 0 Å². The van der Waals surface area contributed by atoms with Crippen LogP contribution in [0.4, 0.5) is 0 Å².